The van der Waals surface area contributed by atoms with Crippen molar-refractivity contribution in [2.45, 2.75) is 32.5 Å². The first-order valence-corrected chi connectivity index (χ1v) is 6.45. The van der Waals surface area contributed by atoms with Crippen LogP contribution >= 0.6 is 0 Å². The lowest BCUT2D eigenvalue weighted by Gasteiger charge is -2.23. The van der Waals surface area contributed by atoms with Crippen molar-refractivity contribution in [3.63, 3.8) is 0 Å². The molecule has 1 unspecified atom stereocenters. The van der Waals surface area contributed by atoms with Crippen molar-refractivity contribution < 1.29 is 19.4 Å². The van der Waals surface area contributed by atoms with Crippen LogP contribution in [0.2, 0.25) is 0 Å². The van der Waals surface area contributed by atoms with Gasteiger partial charge >= 0.3 is 5.97 Å². The van der Waals surface area contributed by atoms with Crippen molar-refractivity contribution in [2.24, 2.45) is 0 Å². The third-order valence-electron chi connectivity index (χ3n) is 3.06. The summed E-state index contributed by atoms with van der Waals surface area (Å²) in [5.74, 6) is -0.188. The Kier molecular flexibility index (Phi) is 4.58. The third kappa shape index (κ3) is 4.10. The average Bonchev–Trinajstić information content (AvgIpc) is 2.40. The number of hydrogen-bond acceptors (Lipinski definition) is 3. The molecular formula is C15H18O4. The summed E-state index contributed by atoms with van der Waals surface area (Å²) in [7, 11) is 0. The summed E-state index contributed by atoms with van der Waals surface area (Å²) in [4.78, 5) is 10.6. The molecule has 1 aliphatic rings. The van der Waals surface area contributed by atoms with Gasteiger partial charge in [0.25, 0.3) is 0 Å². The lowest BCUT2D eigenvalue weighted by molar-refractivity contribution is -0.131. The molecule has 0 aliphatic carbocycles. The second-order valence-corrected chi connectivity index (χ2v) is 4.60. The highest BCUT2D eigenvalue weighted by Crippen LogP contribution is 2.22. The summed E-state index contributed by atoms with van der Waals surface area (Å²) in [6.45, 7) is 2.53. The van der Waals surface area contributed by atoms with E-state index in [1.54, 1.807) is 6.92 Å². The number of carboxylic acid groups (broad SMARTS) is 1. The Labute approximate surface area is 112 Å². The summed E-state index contributed by atoms with van der Waals surface area (Å²) in [5, 5.41) is 8.70. The van der Waals surface area contributed by atoms with Crippen LogP contribution in [0.1, 0.15) is 31.7 Å². The van der Waals surface area contributed by atoms with E-state index in [0.717, 1.165) is 37.2 Å². The van der Waals surface area contributed by atoms with Gasteiger partial charge in [-0.05, 0) is 43.0 Å². The molecule has 1 fully saturated rings. The third-order valence-corrected chi connectivity index (χ3v) is 3.06. The molecule has 0 radical (unpaired) electrons. The number of benzene rings is 1. The second kappa shape index (κ2) is 6.38. The Morgan fingerprint density at radius 2 is 2.11 bits per heavy atom. The zero-order valence-electron chi connectivity index (χ0n) is 11.0. The van der Waals surface area contributed by atoms with Crippen molar-refractivity contribution in [1.29, 1.82) is 0 Å². The maximum absolute atomic E-state index is 10.6. The van der Waals surface area contributed by atoms with Crippen molar-refractivity contribution in [3.05, 3.63) is 35.9 Å². The van der Waals surface area contributed by atoms with E-state index in [1.165, 1.54) is 6.08 Å². The van der Waals surface area contributed by atoms with Crippen LogP contribution in [0.25, 0.3) is 5.57 Å². The van der Waals surface area contributed by atoms with E-state index < -0.39 is 5.97 Å². The molecule has 4 nitrogen and oxygen atoms in total. The fourth-order valence-corrected chi connectivity index (χ4v) is 2.02. The average molecular weight is 262 g/mol. The van der Waals surface area contributed by atoms with Crippen LogP contribution in [-0.4, -0.2) is 24.0 Å². The van der Waals surface area contributed by atoms with Crippen molar-refractivity contribution in [2.75, 3.05) is 6.61 Å². The predicted octanol–water partition coefficient (Wildman–Crippen LogP) is 3.08. The number of hydrogen-bond donors (Lipinski definition) is 1. The van der Waals surface area contributed by atoms with Gasteiger partial charge in [0.1, 0.15) is 5.75 Å². The highest BCUT2D eigenvalue weighted by atomic mass is 16.7. The van der Waals surface area contributed by atoms with Gasteiger partial charge < -0.3 is 14.6 Å². The van der Waals surface area contributed by atoms with Gasteiger partial charge in [0.2, 0.25) is 0 Å². The van der Waals surface area contributed by atoms with Crippen LogP contribution in [0, 0.1) is 0 Å². The fourth-order valence-electron chi connectivity index (χ4n) is 2.02. The number of carboxylic acids is 1. The second-order valence-electron chi connectivity index (χ2n) is 4.60. The lowest BCUT2D eigenvalue weighted by atomic mass is 10.1. The van der Waals surface area contributed by atoms with E-state index in [4.69, 9.17) is 14.6 Å². The summed E-state index contributed by atoms with van der Waals surface area (Å²) < 4.78 is 11.2. The van der Waals surface area contributed by atoms with E-state index in [2.05, 4.69) is 0 Å². The standard InChI is InChI=1S/C15H18O4/c1-11(10-14(16)17)12-5-7-13(8-6-12)19-15-4-2-3-9-18-15/h5-8,10,15H,2-4,9H2,1H3,(H,16,17). The molecule has 1 atom stereocenters. The van der Waals surface area contributed by atoms with Gasteiger partial charge in [-0.3, -0.25) is 0 Å². The smallest absolute Gasteiger partial charge is 0.328 e. The molecular weight excluding hydrogens is 244 g/mol. The van der Waals surface area contributed by atoms with E-state index in [1.807, 2.05) is 24.3 Å². The molecule has 1 aromatic carbocycles. The van der Waals surface area contributed by atoms with Gasteiger partial charge in [0.05, 0.1) is 6.61 Å². The van der Waals surface area contributed by atoms with Crippen LogP contribution in [0.15, 0.2) is 30.3 Å². The minimum atomic E-state index is -0.937. The molecule has 1 heterocycles. The molecule has 102 valence electrons. The lowest BCUT2D eigenvalue weighted by Crippen LogP contribution is -2.24. The zero-order chi connectivity index (χ0) is 13.7. The van der Waals surface area contributed by atoms with Gasteiger partial charge in [-0.15, -0.1) is 0 Å². The number of carbonyl (C=O) groups is 1. The normalized spacial score (nSPS) is 20.1. The van der Waals surface area contributed by atoms with Gasteiger partial charge in [-0.25, -0.2) is 4.79 Å². The maximum atomic E-state index is 10.6. The summed E-state index contributed by atoms with van der Waals surface area (Å²) >= 11 is 0. The Morgan fingerprint density at radius 1 is 1.37 bits per heavy atom. The van der Waals surface area contributed by atoms with Crippen molar-refractivity contribution >= 4 is 11.5 Å². The first kappa shape index (κ1) is 13.6. The Morgan fingerprint density at radius 3 is 2.68 bits per heavy atom. The highest BCUT2D eigenvalue weighted by Gasteiger charge is 2.14. The fraction of sp³-hybridized carbons (Fsp3) is 0.400. The van der Waals surface area contributed by atoms with E-state index in [-0.39, 0.29) is 6.29 Å². The van der Waals surface area contributed by atoms with Crippen LogP contribution in [0.3, 0.4) is 0 Å². The maximum Gasteiger partial charge on any atom is 0.328 e. The molecule has 1 saturated heterocycles. The number of allylic oxidation sites excluding steroid dienone is 1. The number of ether oxygens (including phenoxy) is 2. The Balaban J connectivity index is 1.99. The van der Waals surface area contributed by atoms with Crippen molar-refractivity contribution in [1.82, 2.24) is 0 Å². The molecule has 1 N–H and O–H groups in total. The Bertz CT molecular complexity index is 456. The van der Waals surface area contributed by atoms with Gasteiger partial charge in [0, 0.05) is 12.5 Å². The van der Waals surface area contributed by atoms with Crippen LogP contribution in [0.5, 0.6) is 5.75 Å². The summed E-state index contributed by atoms with van der Waals surface area (Å²) in [6, 6.07) is 7.39. The van der Waals surface area contributed by atoms with E-state index in [0.29, 0.717) is 5.57 Å². The quantitative estimate of drug-likeness (QED) is 0.847. The minimum Gasteiger partial charge on any atom is -0.478 e. The van der Waals surface area contributed by atoms with Gasteiger partial charge in [0.15, 0.2) is 6.29 Å². The van der Waals surface area contributed by atoms with Gasteiger partial charge in [-0.2, -0.15) is 0 Å². The predicted molar refractivity (Wildman–Crippen MR) is 71.9 cm³/mol. The molecule has 0 bridgehead atoms. The molecule has 4 heteroatoms. The molecule has 2 rings (SSSR count). The monoisotopic (exact) mass is 262 g/mol. The minimum absolute atomic E-state index is 0.157. The molecule has 0 aromatic heterocycles. The van der Waals surface area contributed by atoms with Crippen molar-refractivity contribution in [3.8, 4) is 5.75 Å². The first-order valence-electron chi connectivity index (χ1n) is 6.45. The van der Waals surface area contributed by atoms with Crippen LogP contribution in [0.4, 0.5) is 0 Å². The van der Waals surface area contributed by atoms with E-state index in [9.17, 15) is 4.79 Å². The molecule has 1 aliphatic heterocycles. The SMILES string of the molecule is CC(=CC(=O)O)c1ccc(OC2CCCCO2)cc1. The highest BCUT2D eigenvalue weighted by molar-refractivity contribution is 5.89. The number of aliphatic carboxylic acids is 1. The number of rotatable bonds is 4. The molecule has 0 saturated carbocycles. The van der Waals surface area contributed by atoms with Crippen LogP contribution in [-0.2, 0) is 9.53 Å². The summed E-state index contributed by atoms with van der Waals surface area (Å²) in [6.07, 6.45) is 4.18. The molecule has 19 heavy (non-hydrogen) atoms. The molecule has 1 aromatic rings. The van der Waals surface area contributed by atoms with E-state index >= 15 is 0 Å². The van der Waals surface area contributed by atoms with Crippen LogP contribution < -0.4 is 4.74 Å². The zero-order valence-corrected chi connectivity index (χ0v) is 11.0. The Hall–Kier alpha value is -1.81. The van der Waals surface area contributed by atoms with Gasteiger partial charge in [-0.1, -0.05) is 12.1 Å². The molecule has 0 amide bonds. The first-order chi connectivity index (χ1) is 9.15. The molecule has 0 spiro atoms. The summed E-state index contributed by atoms with van der Waals surface area (Å²) in [5.41, 5.74) is 1.59. The topological polar surface area (TPSA) is 55.8 Å². The largest absolute Gasteiger partial charge is 0.478 e.